The van der Waals surface area contributed by atoms with Gasteiger partial charge in [0.05, 0.1) is 0 Å². The quantitative estimate of drug-likeness (QED) is 0.853. The van der Waals surface area contributed by atoms with Gasteiger partial charge in [-0.25, -0.2) is 0 Å². The minimum Gasteiger partial charge on any atom is -0.309 e. The number of hydrogen-bond donors (Lipinski definition) is 1. The predicted octanol–water partition coefficient (Wildman–Crippen LogP) is 4.59. The third-order valence-corrected chi connectivity index (χ3v) is 4.79. The second kappa shape index (κ2) is 6.08. The zero-order valence-corrected chi connectivity index (χ0v) is 15.1. The van der Waals surface area contributed by atoms with E-state index in [1.165, 1.54) is 0 Å². The lowest BCUT2D eigenvalue weighted by molar-refractivity contribution is 0.0272. The summed E-state index contributed by atoms with van der Waals surface area (Å²) in [5.74, 6) is 0. The molecule has 1 fully saturated rings. The monoisotopic (exact) mass is 328 g/mol. The van der Waals surface area contributed by atoms with E-state index in [4.69, 9.17) is 23.2 Å². The van der Waals surface area contributed by atoms with Crippen molar-refractivity contribution < 1.29 is 0 Å². The summed E-state index contributed by atoms with van der Waals surface area (Å²) in [4.78, 5) is 2.55. The Hall–Kier alpha value is -0.280. The fourth-order valence-electron chi connectivity index (χ4n) is 3.06. The number of halogens is 2. The molecule has 1 aromatic carbocycles. The van der Waals surface area contributed by atoms with Crippen LogP contribution in [0.3, 0.4) is 0 Å². The standard InChI is InChI=1S/C17H26Cl2N2/c1-16(2,3)15-9-20-17(4,5)11-21(15)10-12-6-7-13(18)8-14(12)19/h6-8,15,20H,9-11H2,1-5H3. The van der Waals surface area contributed by atoms with Gasteiger partial charge in [-0.2, -0.15) is 0 Å². The molecule has 0 saturated carbocycles. The van der Waals surface area contributed by atoms with Crippen LogP contribution in [0.5, 0.6) is 0 Å². The van der Waals surface area contributed by atoms with Crippen LogP contribution in [-0.4, -0.2) is 29.6 Å². The summed E-state index contributed by atoms with van der Waals surface area (Å²) >= 11 is 12.4. The Morgan fingerprint density at radius 2 is 1.95 bits per heavy atom. The second-order valence-electron chi connectivity index (χ2n) is 7.79. The molecular weight excluding hydrogens is 303 g/mol. The molecule has 4 heteroatoms. The van der Waals surface area contributed by atoms with E-state index in [2.05, 4.69) is 44.8 Å². The number of benzene rings is 1. The zero-order valence-electron chi connectivity index (χ0n) is 13.6. The van der Waals surface area contributed by atoms with Gasteiger partial charge >= 0.3 is 0 Å². The first kappa shape index (κ1) is 17.1. The first-order valence-corrected chi connectivity index (χ1v) is 8.27. The van der Waals surface area contributed by atoms with Gasteiger partial charge in [0.25, 0.3) is 0 Å². The van der Waals surface area contributed by atoms with Crippen molar-refractivity contribution in [2.24, 2.45) is 5.41 Å². The molecule has 2 rings (SSSR count). The number of nitrogens with one attached hydrogen (secondary N) is 1. The summed E-state index contributed by atoms with van der Waals surface area (Å²) in [6, 6.07) is 6.27. The largest absolute Gasteiger partial charge is 0.309 e. The van der Waals surface area contributed by atoms with Crippen molar-refractivity contribution in [1.29, 1.82) is 0 Å². The van der Waals surface area contributed by atoms with Crippen LogP contribution in [0.1, 0.15) is 40.2 Å². The summed E-state index contributed by atoms with van der Waals surface area (Å²) in [7, 11) is 0. The van der Waals surface area contributed by atoms with Gasteiger partial charge in [-0.15, -0.1) is 0 Å². The predicted molar refractivity (Wildman–Crippen MR) is 92.2 cm³/mol. The highest BCUT2D eigenvalue weighted by Crippen LogP contribution is 2.31. The molecule has 1 N–H and O–H groups in total. The number of rotatable bonds is 2. The molecule has 0 bridgehead atoms. The topological polar surface area (TPSA) is 15.3 Å². The highest BCUT2D eigenvalue weighted by atomic mass is 35.5. The fraction of sp³-hybridized carbons (Fsp3) is 0.647. The van der Waals surface area contributed by atoms with E-state index in [1.54, 1.807) is 0 Å². The molecule has 0 amide bonds. The van der Waals surface area contributed by atoms with Crippen molar-refractivity contribution in [3.05, 3.63) is 33.8 Å². The number of nitrogens with zero attached hydrogens (tertiary/aromatic N) is 1. The summed E-state index contributed by atoms with van der Waals surface area (Å²) in [6.45, 7) is 14.3. The van der Waals surface area contributed by atoms with Crippen LogP contribution in [0.25, 0.3) is 0 Å². The van der Waals surface area contributed by atoms with Gasteiger partial charge in [-0.1, -0.05) is 50.0 Å². The maximum absolute atomic E-state index is 6.36. The zero-order chi connectivity index (χ0) is 15.8. The first-order valence-electron chi connectivity index (χ1n) is 7.51. The van der Waals surface area contributed by atoms with Crippen molar-refractivity contribution >= 4 is 23.2 Å². The van der Waals surface area contributed by atoms with Crippen LogP contribution >= 0.6 is 23.2 Å². The minimum atomic E-state index is 0.126. The Bertz CT molecular complexity index is 506. The van der Waals surface area contributed by atoms with E-state index in [0.29, 0.717) is 11.1 Å². The summed E-state index contributed by atoms with van der Waals surface area (Å²) in [5.41, 5.74) is 1.50. The van der Waals surface area contributed by atoms with Crippen molar-refractivity contribution in [2.45, 2.75) is 52.7 Å². The Labute approximate surface area is 138 Å². The highest BCUT2D eigenvalue weighted by molar-refractivity contribution is 6.35. The lowest BCUT2D eigenvalue weighted by Crippen LogP contribution is -2.64. The molecule has 1 atom stereocenters. The van der Waals surface area contributed by atoms with Crippen LogP contribution in [0, 0.1) is 5.41 Å². The second-order valence-corrected chi connectivity index (χ2v) is 8.63. The van der Waals surface area contributed by atoms with E-state index in [9.17, 15) is 0 Å². The van der Waals surface area contributed by atoms with Crippen molar-refractivity contribution in [1.82, 2.24) is 10.2 Å². The molecule has 1 heterocycles. The molecule has 21 heavy (non-hydrogen) atoms. The van der Waals surface area contributed by atoms with E-state index in [-0.39, 0.29) is 11.0 Å². The van der Waals surface area contributed by atoms with Crippen LogP contribution in [0.2, 0.25) is 10.0 Å². The molecule has 0 spiro atoms. The lowest BCUT2D eigenvalue weighted by atomic mass is 9.82. The molecule has 0 aromatic heterocycles. The van der Waals surface area contributed by atoms with E-state index >= 15 is 0 Å². The van der Waals surface area contributed by atoms with Gasteiger partial charge in [0.2, 0.25) is 0 Å². The lowest BCUT2D eigenvalue weighted by Gasteiger charge is -2.49. The SMILES string of the molecule is CC1(C)CN(Cc2ccc(Cl)cc2Cl)C(C(C)(C)C)CN1. The maximum Gasteiger partial charge on any atom is 0.0465 e. The average molecular weight is 329 g/mol. The molecule has 1 aliphatic rings. The fourth-order valence-corrected chi connectivity index (χ4v) is 3.53. The Kier molecular flexibility index (Phi) is 4.94. The molecule has 1 aromatic rings. The smallest absolute Gasteiger partial charge is 0.0465 e. The van der Waals surface area contributed by atoms with Gasteiger partial charge in [0, 0.05) is 41.3 Å². The van der Waals surface area contributed by atoms with Crippen molar-refractivity contribution in [2.75, 3.05) is 13.1 Å². The Balaban J connectivity index is 2.24. The number of hydrogen-bond acceptors (Lipinski definition) is 2. The van der Waals surface area contributed by atoms with E-state index in [1.807, 2.05) is 18.2 Å². The first-order chi connectivity index (χ1) is 9.58. The third kappa shape index (κ3) is 4.35. The molecule has 2 nitrogen and oxygen atoms in total. The minimum absolute atomic E-state index is 0.126. The summed E-state index contributed by atoms with van der Waals surface area (Å²) in [5, 5.41) is 5.11. The van der Waals surface area contributed by atoms with Gasteiger partial charge < -0.3 is 5.32 Å². The van der Waals surface area contributed by atoms with Gasteiger partial charge in [-0.05, 0) is 37.0 Å². The molecular formula is C17H26Cl2N2. The van der Waals surface area contributed by atoms with Gasteiger partial charge in [0.15, 0.2) is 0 Å². The molecule has 0 radical (unpaired) electrons. The van der Waals surface area contributed by atoms with Crippen molar-refractivity contribution in [3.8, 4) is 0 Å². The Morgan fingerprint density at radius 3 is 2.52 bits per heavy atom. The third-order valence-electron chi connectivity index (χ3n) is 4.20. The Morgan fingerprint density at radius 1 is 1.29 bits per heavy atom. The normalized spacial score (nSPS) is 23.3. The summed E-state index contributed by atoms with van der Waals surface area (Å²) in [6.07, 6.45) is 0. The molecule has 1 unspecified atom stereocenters. The van der Waals surface area contributed by atoms with Crippen LogP contribution in [0.4, 0.5) is 0 Å². The van der Waals surface area contributed by atoms with Gasteiger partial charge in [-0.3, -0.25) is 4.90 Å². The highest BCUT2D eigenvalue weighted by Gasteiger charge is 2.38. The van der Waals surface area contributed by atoms with Crippen molar-refractivity contribution in [3.63, 3.8) is 0 Å². The molecule has 118 valence electrons. The average Bonchev–Trinajstić information content (AvgIpc) is 2.30. The summed E-state index contributed by atoms with van der Waals surface area (Å²) < 4.78 is 0. The molecule has 1 saturated heterocycles. The van der Waals surface area contributed by atoms with Crippen LogP contribution < -0.4 is 5.32 Å². The number of piperazine rings is 1. The molecule has 1 aliphatic heterocycles. The van der Waals surface area contributed by atoms with Gasteiger partial charge in [0.1, 0.15) is 0 Å². The van der Waals surface area contributed by atoms with Crippen LogP contribution in [-0.2, 0) is 6.54 Å². The maximum atomic E-state index is 6.36. The van der Waals surface area contributed by atoms with Crippen LogP contribution in [0.15, 0.2) is 18.2 Å². The molecule has 0 aliphatic carbocycles. The van der Waals surface area contributed by atoms with E-state index < -0.39 is 0 Å². The van der Waals surface area contributed by atoms with E-state index in [0.717, 1.165) is 30.2 Å².